The van der Waals surface area contributed by atoms with Crippen LogP contribution in [0.3, 0.4) is 0 Å². The molecule has 3 heteroatoms. The monoisotopic (exact) mass is 235 g/mol. The van der Waals surface area contributed by atoms with Gasteiger partial charge in [0.2, 0.25) is 0 Å². The van der Waals surface area contributed by atoms with Gasteiger partial charge in [-0.15, -0.1) is 0 Å². The fourth-order valence-corrected chi connectivity index (χ4v) is 2.13. The number of ether oxygens (including phenoxy) is 2. The van der Waals surface area contributed by atoms with Gasteiger partial charge in [0.1, 0.15) is 0 Å². The van der Waals surface area contributed by atoms with E-state index in [4.69, 9.17) is 15.2 Å². The first-order valence-electron chi connectivity index (χ1n) is 6.31. The smallest absolute Gasteiger partial charge is 0.157 e. The standard InChI is InChI=1S/C14H21NO2/c1-11(10-13-16-8-5-9-17-13)14(15)12-6-3-2-4-7-12/h2-4,6-7,11,13-14H,5,8-10,15H2,1H3/t11-,14-/m0/s1. The van der Waals surface area contributed by atoms with Gasteiger partial charge in [0, 0.05) is 12.5 Å². The molecule has 1 aromatic rings. The van der Waals surface area contributed by atoms with Gasteiger partial charge in [-0.25, -0.2) is 0 Å². The molecular formula is C14H21NO2. The maximum absolute atomic E-state index is 6.24. The van der Waals surface area contributed by atoms with Crippen LogP contribution in [-0.2, 0) is 9.47 Å². The van der Waals surface area contributed by atoms with Gasteiger partial charge in [0.05, 0.1) is 13.2 Å². The van der Waals surface area contributed by atoms with Crippen molar-refractivity contribution in [1.82, 2.24) is 0 Å². The van der Waals surface area contributed by atoms with E-state index in [-0.39, 0.29) is 12.3 Å². The zero-order chi connectivity index (χ0) is 12.1. The number of hydrogen-bond donors (Lipinski definition) is 1. The molecule has 17 heavy (non-hydrogen) atoms. The van der Waals surface area contributed by atoms with Crippen molar-refractivity contribution in [3.05, 3.63) is 35.9 Å². The first kappa shape index (κ1) is 12.6. The van der Waals surface area contributed by atoms with Crippen LogP contribution in [0.4, 0.5) is 0 Å². The Hall–Kier alpha value is -0.900. The fourth-order valence-electron chi connectivity index (χ4n) is 2.13. The zero-order valence-electron chi connectivity index (χ0n) is 10.3. The highest BCUT2D eigenvalue weighted by Crippen LogP contribution is 2.25. The molecule has 0 aromatic heterocycles. The van der Waals surface area contributed by atoms with Gasteiger partial charge in [-0.3, -0.25) is 0 Å². The molecule has 1 fully saturated rings. The molecule has 1 saturated heterocycles. The van der Waals surface area contributed by atoms with Gasteiger partial charge < -0.3 is 15.2 Å². The molecule has 3 nitrogen and oxygen atoms in total. The minimum Gasteiger partial charge on any atom is -0.353 e. The summed E-state index contributed by atoms with van der Waals surface area (Å²) >= 11 is 0. The van der Waals surface area contributed by atoms with E-state index in [0.717, 1.165) is 26.1 Å². The molecule has 0 amide bonds. The molecular weight excluding hydrogens is 214 g/mol. The molecule has 2 rings (SSSR count). The summed E-state index contributed by atoms with van der Waals surface area (Å²) in [6.45, 7) is 3.76. The van der Waals surface area contributed by atoms with Crippen LogP contribution in [-0.4, -0.2) is 19.5 Å². The molecule has 0 aliphatic carbocycles. The third kappa shape index (κ3) is 3.53. The van der Waals surface area contributed by atoms with Gasteiger partial charge in [0.15, 0.2) is 6.29 Å². The Kier molecular flexibility index (Phi) is 4.54. The van der Waals surface area contributed by atoms with Crippen molar-refractivity contribution in [2.24, 2.45) is 11.7 Å². The second-order valence-electron chi connectivity index (χ2n) is 4.67. The summed E-state index contributed by atoms with van der Waals surface area (Å²) in [6.07, 6.45) is 1.78. The average molecular weight is 235 g/mol. The molecule has 2 N–H and O–H groups in total. The summed E-state index contributed by atoms with van der Waals surface area (Å²) in [4.78, 5) is 0. The van der Waals surface area contributed by atoms with Crippen molar-refractivity contribution in [3.63, 3.8) is 0 Å². The second-order valence-corrected chi connectivity index (χ2v) is 4.67. The number of rotatable bonds is 4. The van der Waals surface area contributed by atoms with E-state index in [1.54, 1.807) is 0 Å². The summed E-state index contributed by atoms with van der Waals surface area (Å²) in [5.74, 6) is 0.348. The van der Waals surface area contributed by atoms with Crippen LogP contribution in [0.5, 0.6) is 0 Å². The van der Waals surface area contributed by atoms with E-state index >= 15 is 0 Å². The van der Waals surface area contributed by atoms with Gasteiger partial charge >= 0.3 is 0 Å². The van der Waals surface area contributed by atoms with Crippen molar-refractivity contribution in [2.75, 3.05) is 13.2 Å². The predicted molar refractivity (Wildman–Crippen MR) is 67.5 cm³/mol. The zero-order valence-corrected chi connectivity index (χ0v) is 10.3. The number of hydrogen-bond acceptors (Lipinski definition) is 3. The summed E-state index contributed by atoms with van der Waals surface area (Å²) in [6, 6.07) is 10.2. The van der Waals surface area contributed by atoms with Crippen LogP contribution < -0.4 is 5.73 Å². The van der Waals surface area contributed by atoms with Crippen molar-refractivity contribution < 1.29 is 9.47 Å². The molecule has 0 bridgehead atoms. The predicted octanol–water partition coefficient (Wildman–Crippen LogP) is 2.48. The van der Waals surface area contributed by atoms with E-state index in [1.165, 1.54) is 5.56 Å². The topological polar surface area (TPSA) is 44.5 Å². The Morgan fingerprint density at radius 1 is 1.24 bits per heavy atom. The van der Waals surface area contributed by atoms with Crippen molar-refractivity contribution in [2.45, 2.75) is 32.1 Å². The molecule has 1 heterocycles. The van der Waals surface area contributed by atoms with Crippen molar-refractivity contribution in [3.8, 4) is 0 Å². The van der Waals surface area contributed by atoms with Crippen LogP contribution in [0.25, 0.3) is 0 Å². The minimum absolute atomic E-state index is 0.0466. The van der Waals surface area contributed by atoms with Gasteiger partial charge in [-0.1, -0.05) is 37.3 Å². The van der Waals surface area contributed by atoms with Gasteiger partial charge in [-0.05, 0) is 17.9 Å². The fraction of sp³-hybridized carbons (Fsp3) is 0.571. The lowest BCUT2D eigenvalue weighted by molar-refractivity contribution is -0.186. The Bertz CT molecular complexity index is 322. The lowest BCUT2D eigenvalue weighted by Gasteiger charge is -2.28. The molecule has 0 unspecified atom stereocenters. The second kappa shape index (κ2) is 6.15. The van der Waals surface area contributed by atoms with E-state index < -0.39 is 0 Å². The normalized spacial score (nSPS) is 21.1. The lowest BCUT2D eigenvalue weighted by Crippen LogP contribution is -2.30. The number of benzene rings is 1. The maximum atomic E-state index is 6.24. The van der Waals surface area contributed by atoms with E-state index in [2.05, 4.69) is 19.1 Å². The Morgan fingerprint density at radius 2 is 1.88 bits per heavy atom. The van der Waals surface area contributed by atoms with Crippen LogP contribution in [0.1, 0.15) is 31.4 Å². The Morgan fingerprint density at radius 3 is 2.53 bits per heavy atom. The molecule has 0 radical (unpaired) electrons. The highest BCUT2D eigenvalue weighted by Gasteiger charge is 2.22. The summed E-state index contributed by atoms with van der Waals surface area (Å²) in [5, 5.41) is 0. The first-order chi connectivity index (χ1) is 8.27. The van der Waals surface area contributed by atoms with E-state index in [0.29, 0.717) is 5.92 Å². The average Bonchev–Trinajstić information content (AvgIpc) is 2.40. The third-order valence-electron chi connectivity index (χ3n) is 3.26. The Labute approximate surface area is 103 Å². The SMILES string of the molecule is C[C@@H](CC1OCCCO1)[C@H](N)c1ccccc1. The molecule has 94 valence electrons. The molecule has 1 aromatic carbocycles. The Balaban J connectivity index is 1.88. The van der Waals surface area contributed by atoms with Crippen molar-refractivity contribution in [1.29, 1.82) is 0 Å². The number of nitrogens with two attached hydrogens (primary N) is 1. The summed E-state index contributed by atoms with van der Waals surface area (Å²) in [5.41, 5.74) is 7.42. The highest BCUT2D eigenvalue weighted by atomic mass is 16.7. The van der Waals surface area contributed by atoms with Gasteiger partial charge in [-0.2, -0.15) is 0 Å². The van der Waals surface area contributed by atoms with Crippen LogP contribution >= 0.6 is 0 Å². The first-order valence-corrected chi connectivity index (χ1v) is 6.31. The molecule has 1 aliphatic heterocycles. The quantitative estimate of drug-likeness (QED) is 0.872. The van der Waals surface area contributed by atoms with Crippen LogP contribution in [0.15, 0.2) is 30.3 Å². The largest absolute Gasteiger partial charge is 0.353 e. The van der Waals surface area contributed by atoms with E-state index in [9.17, 15) is 0 Å². The molecule has 1 aliphatic rings. The summed E-state index contributed by atoms with van der Waals surface area (Å²) < 4.78 is 11.1. The summed E-state index contributed by atoms with van der Waals surface area (Å²) in [7, 11) is 0. The van der Waals surface area contributed by atoms with Crippen LogP contribution in [0, 0.1) is 5.92 Å². The lowest BCUT2D eigenvalue weighted by atomic mass is 9.92. The maximum Gasteiger partial charge on any atom is 0.157 e. The third-order valence-corrected chi connectivity index (χ3v) is 3.26. The van der Waals surface area contributed by atoms with Gasteiger partial charge in [0.25, 0.3) is 0 Å². The molecule has 0 spiro atoms. The van der Waals surface area contributed by atoms with Crippen molar-refractivity contribution >= 4 is 0 Å². The minimum atomic E-state index is -0.0755. The highest BCUT2D eigenvalue weighted by molar-refractivity contribution is 5.18. The van der Waals surface area contributed by atoms with Crippen LogP contribution in [0.2, 0.25) is 0 Å². The molecule has 0 saturated carbocycles. The van der Waals surface area contributed by atoms with E-state index in [1.807, 2.05) is 18.2 Å². The molecule has 2 atom stereocenters.